The lowest BCUT2D eigenvalue weighted by Crippen LogP contribution is -2.40. The first kappa shape index (κ1) is 16.2. The van der Waals surface area contributed by atoms with Crippen molar-refractivity contribution in [3.63, 3.8) is 0 Å². The summed E-state index contributed by atoms with van der Waals surface area (Å²) < 4.78 is 5.41. The molecule has 2 aromatic rings. The summed E-state index contributed by atoms with van der Waals surface area (Å²) in [5.41, 5.74) is 4.62. The second-order valence-corrected chi connectivity index (χ2v) is 8.49. The molecule has 0 saturated carbocycles. The summed E-state index contributed by atoms with van der Waals surface area (Å²) in [6.07, 6.45) is 6.46. The van der Waals surface area contributed by atoms with Crippen LogP contribution in [-0.2, 0) is 12.8 Å². The van der Waals surface area contributed by atoms with Gasteiger partial charge in [-0.3, -0.25) is 4.79 Å². The van der Waals surface area contributed by atoms with E-state index in [1.165, 1.54) is 12.8 Å². The lowest BCUT2D eigenvalue weighted by atomic mass is 9.78. The molecule has 0 unspecified atom stereocenters. The van der Waals surface area contributed by atoms with Crippen LogP contribution in [0.4, 0.5) is 0 Å². The van der Waals surface area contributed by atoms with E-state index < -0.39 is 0 Å². The number of aromatic nitrogens is 2. The second kappa shape index (κ2) is 5.78. The fourth-order valence-electron chi connectivity index (χ4n) is 5.12. The van der Waals surface area contributed by atoms with Crippen LogP contribution in [0, 0.1) is 12.3 Å². The number of rotatable bonds is 1. The van der Waals surface area contributed by atoms with Crippen molar-refractivity contribution in [2.45, 2.75) is 45.4 Å². The van der Waals surface area contributed by atoms with Gasteiger partial charge in [0.2, 0.25) is 0 Å². The first-order valence-corrected chi connectivity index (χ1v) is 9.82. The predicted octanol–water partition coefficient (Wildman–Crippen LogP) is 2.58. The number of carbonyl (C=O) groups excluding carboxylic acids is 1. The Kier molecular flexibility index (Phi) is 3.61. The van der Waals surface area contributed by atoms with Crippen molar-refractivity contribution in [2.75, 3.05) is 33.2 Å². The van der Waals surface area contributed by atoms with Crippen LogP contribution < -0.4 is 0 Å². The normalized spacial score (nSPS) is 22.5. The molecule has 1 amide bonds. The first-order chi connectivity index (χ1) is 12.6. The van der Waals surface area contributed by atoms with Gasteiger partial charge < -0.3 is 14.3 Å². The van der Waals surface area contributed by atoms with E-state index in [4.69, 9.17) is 4.52 Å². The highest BCUT2D eigenvalue weighted by atomic mass is 16.5. The Morgan fingerprint density at radius 3 is 2.73 bits per heavy atom. The molecule has 0 bridgehead atoms. The van der Waals surface area contributed by atoms with Crippen LogP contribution in [0.1, 0.15) is 53.0 Å². The third-order valence-corrected chi connectivity index (χ3v) is 6.81. The van der Waals surface area contributed by atoms with Crippen LogP contribution in [0.3, 0.4) is 0 Å². The standard InChI is InChI=1S/C20H26N4O2/c1-13-16-17(14-4-3-5-15(14)21-18(16)26-22-13)19(25)24-11-8-20(12-24)6-9-23(2)10-7-20/h3-12H2,1-2H3. The summed E-state index contributed by atoms with van der Waals surface area (Å²) in [7, 11) is 2.19. The molecule has 26 heavy (non-hydrogen) atoms. The van der Waals surface area contributed by atoms with E-state index in [1.54, 1.807) is 0 Å². The van der Waals surface area contributed by atoms with Crippen LogP contribution in [0.15, 0.2) is 4.52 Å². The topological polar surface area (TPSA) is 62.5 Å². The lowest BCUT2D eigenvalue weighted by molar-refractivity contribution is 0.0737. The Balaban J connectivity index is 1.51. The average Bonchev–Trinajstić information content (AvgIpc) is 3.35. The molecule has 1 spiro atoms. The second-order valence-electron chi connectivity index (χ2n) is 8.49. The molecule has 0 radical (unpaired) electrons. The van der Waals surface area contributed by atoms with Crippen LogP contribution in [-0.4, -0.2) is 59.1 Å². The number of amides is 1. The van der Waals surface area contributed by atoms with Crippen molar-refractivity contribution in [2.24, 2.45) is 5.41 Å². The molecule has 0 aromatic carbocycles. The zero-order chi connectivity index (χ0) is 17.9. The summed E-state index contributed by atoms with van der Waals surface area (Å²) in [6.45, 7) is 5.95. The largest absolute Gasteiger partial charge is 0.338 e. The molecule has 2 fully saturated rings. The summed E-state index contributed by atoms with van der Waals surface area (Å²) in [4.78, 5) is 22.7. The molecule has 1 aliphatic carbocycles. The number of aryl methyl sites for hydroxylation is 2. The van der Waals surface area contributed by atoms with Crippen molar-refractivity contribution in [3.8, 4) is 0 Å². The maximum atomic E-state index is 13.6. The van der Waals surface area contributed by atoms with Crippen molar-refractivity contribution in [3.05, 3.63) is 22.5 Å². The Hall–Kier alpha value is -1.95. The molecular formula is C20H26N4O2. The molecule has 3 aliphatic rings. The highest BCUT2D eigenvalue weighted by Crippen LogP contribution is 2.41. The van der Waals surface area contributed by atoms with Crippen LogP contribution in [0.25, 0.3) is 11.1 Å². The molecule has 138 valence electrons. The first-order valence-electron chi connectivity index (χ1n) is 9.82. The van der Waals surface area contributed by atoms with Gasteiger partial charge in [-0.2, -0.15) is 0 Å². The van der Waals surface area contributed by atoms with Crippen molar-refractivity contribution in [1.29, 1.82) is 0 Å². The van der Waals surface area contributed by atoms with E-state index in [0.717, 1.165) is 79.8 Å². The van der Waals surface area contributed by atoms with Crippen LogP contribution in [0.2, 0.25) is 0 Å². The number of hydrogen-bond acceptors (Lipinski definition) is 5. The molecule has 6 nitrogen and oxygen atoms in total. The van der Waals surface area contributed by atoms with Crippen molar-refractivity contribution in [1.82, 2.24) is 19.9 Å². The van der Waals surface area contributed by atoms with E-state index in [1.807, 2.05) is 6.92 Å². The Labute approximate surface area is 153 Å². The maximum Gasteiger partial charge on any atom is 0.259 e. The van der Waals surface area contributed by atoms with E-state index in [-0.39, 0.29) is 5.91 Å². The molecule has 2 aliphatic heterocycles. The summed E-state index contributed by atoms with van der Waals surface area (Å²) in [5.74, 6) is 0.164. The van der Waals surface area contributed by atoms with E-state index in [9.17, 15) is 4.79 Å². The van der Waals surface area contributed by atoms with Gasteiger partial charge in [-0.15, -0.1) is 0 Å². The SMILES string of the molecule is Cc1noc2nc3c(c(C(=O)N4CCC5(CCN(C)CC5)C4)c12)CCC3. The zero-order valence-corrected chi connectivity index (χ0v) is 15.7. The Bertz CT molecular complexity index is 880. The van der Waals surface area contributed by atoms with E-state index in [0.29, 0.717) is 11.1 Å². The average molecular weight is 354 g/mol. The van der Waals surface area contributed by atoms with Gasteiger partial charge in [0.1, 0.15) is 0 Å². The quantitative estimate of drug-likeness (QED) is 0.788. The van der Waals surface area contributed by atoms with Gasteiger partial charge in [0.15, 0.2) is 0 Å². The summed E-state index contributed by atoms with van der Waals surface area (Å²) in [5, 5.41) is 4.92. The molecule has 2 saturated heterocycles. The van der Waals surface area contributed by atoms with Gasteiger partial charge >= 0.3 is 0 Å². The molecule has 0 N–H and O–H groups in total. The molecule has 0 atom stereocenters. The molecular weight excluding hydrogens is 328 g/mol. The third-order valence-electron chi connectivity index (χ3n) is 6.81. The molecule has 2 aromatic heterocycles. The molecule has 4 heterocycles. The monoisotopic (exact) mass is 354 g/mol. The highest BCUT2D eigenvalue weighted by Gasteiger charge is 2.42. The number of pyridine rings is 1. The lowest BCUT2D eigenvalue weighted by Gasteiger charge is -2.37. The minimum absolute atomic E-state index is 0.164. The number of fused-ring (bicyclic) bond motifs is 2. The van der Waals surface area contributed by atoms with Gasteiger partial charge in [-0.1, -0.05) is 5.16 Å². The Morgan fingerprint density at radius 1 is 1.15 bits per heavy atom. The minimum atomic E-state index is 0.164. The maximum absolute atomic E-state index is 13.6. The smallest absolute Gasteiger partial charge is 0.259 e. The summed E-state index contributed by atoms with van der Waals surface area (Å²) in [6, 6.07) is 0. The number of likely N-dealkylation sites (tertiary alicyclic amines) is 2. The fraction of sp³-hybridized carbons (Fsp3) is 0.650. The number of hydrogen-bond donors (Lipinski definition) is 0. The fourth-order valence-corrected chi connectivity index (χ4v) is 5.12. The zero-order valence-electron chi connectivity index (χ0n) is 15.7. The Morgan fingerprint density at radius 2 is 1.92 bits per heavy atom. The molecule has 5 rings (SSSR count). The predicted molar refractivity (Wildman–Crippen MR) is 98.3 cm³/mol. The third kappa shape index (κ3) is 2.38. The number of piperidine rings is 1. The van der Waals surface area contributed by atoms with Gasteiger partial charge in [-0.05, 0) is 76.6 Å². The van der Waals surface area contributed by atoms with Crippen LogP contribution in [0.5, 0.6) is 0 Å². The van der Waals surface area contributed by atoms with Gasteiger partial charge in [0.25, 0.3) is 11.6 Å². The minimum Gasteiger partial charge on any atom is -0.338 e. The van der Waals surface area contributed by atoms with E-state index >= 15 is 0 Å². The van der Waals surface area contributed by atoms with Gasteiger partial charge in [0.05, 0.1) is 16.6 Å². The van der Waals surface area contributed by atoms with Gasteiger partial charge in [-0.25, -0.2) is 4.98 Å². The van der Waals surface area contributed by atoms with Crippen molar-refractivity contribution >= 4 is 17.0 Å². The van der Waals surface area contributed by atoms with E-state index in [2.05, 4.69) is 27.0 Å². The summed E-state index contributed by atoms with van der Waals surface area (Å²) >= 11 is 0. The number of carbonyl (C=O) groups is 1. The van der Waals surface area contributed by atoms with Crippen molar-refractivity contribution < 1.29 is 9.32 Å². The van der Waals surface area contributed by atoms with Gasteiger partial charge in [0, 0.05) is 18.8 Å². The highest BCUT2D eigenvalue weighted by molar-refractivity contribution is 6.07. The number of nitrogens with zero attached hydrogens (tertiary/aromatic N) is 4. The molecule has 6 heteroatoms. The van der Waals surface area contributed by atoms with Crippen LogP contribution >= 0.6 is 0 Å².